The summed E-state index contributed by atoms with van der Waals surface area (Å²) in [7, 11) is 0. The Bertz CT molecular complexity index is 452. The highest BCUT2D eigenvalue weighted by Crippen LogP contribution is 2.52. The van der Waals surface area contributed by atoms with Crippen LogP contribution in [0.15, 0.2) is 18.3 Å². The summed E-state index contributed by atoms with van der Waals surface area (Å²) < 4.78 is 38.0. The third-order valence-corrected chi connectivity index (χ3v) is 4.02. The lowest BCUT2D eigenvalue weighted by Crippen LogP contribution is -2.37. The van der Waals surface area contributed by atoms with Gasteiger partial charge >= 0.3 is 6.18 Å². The van der Waals surface area contributed by atoms with Gasteiger partial charge in [0, 0.05) is 19.3 Å². The molecule has 0 bridgehead atoms. The number of halogens is 3. The van der Waals surface area contributed by atoms with E-state index < -0.39 is 11.7 Å². The number of hydrogen-bond donors (Lipinski definition) is 0. The Morgan fingerprint density at radius 2 is 2.00 bits per heavy atom. The van der Waals surface area contributed by atoms with E-state index in [-0.39, 0.29) is 0 Å². The summed E-state index contributed by atoms with van der Waals surface area (Å²) in [6.07, 6.45) is 1.66. The van der Waals surface area contributed by atoms with Gasteiger partial charge in [0.25, 0.3) is 0 Å². The molecule has 0 atom stereocenters. The van der Waals surface area contributed by atoms with Gasteiger partial charge in [-0.1, -0.05) is 0 Å². The van der Waals surface area contributed by atoms with Crippen molar-refractivity contribution in [3.8, 4) is 0 Å². The van der Waals surface area contributed by atoms with E-state index in [2.05, 4.69) is 4.98 Å². The van der Waals surface area contributed by atoms with Crippen molar-refractivity contribution in [2.24, 2.45) is 5.41 Å². The minimum absolute atomic E-state index is 0.383. The molecule has 0 aromatic carbocycles. The monoisotopic (exact) mass is 256 g/mol. The zero-order chi connectivity index (χ0) is 12.8. The van der Waals surface area contributed by atoms with Crippen LogP contribution in [0, 0.1) is 5.41 Å². The highest BCUT2D eigenvalue weighted by molar-refractivity contribution is 5.43. The zero-order valence-electron chi connectivity index (χ0n) is 10.0. The maximum absolute atomic E-state index is 12.7. The zero-order valence-corrected chi connectivity index (χ0v) is 10.0. The number of rotatable bonds is 1. The SMILES string of the molecule is FC(F)(F)c1ccnc(N2CCCC3(CC3)C2)c1. The van der Waals surface area contributed by atoms with E-state index in [0.717, 1.165) is 25.6 Å². The van der Waals surface area contributed by atoms with Gasteiger partial charge in [0.2, 0.25) is 0 Å². The van der Waals surface area contributed by atoms with Gasteiger partial charge in [-0.15, -0.1) is 0 Å². The molecule has 5 heteroatoms. The third-order valence-electron chi connectivity index (χ3n) is 4.02. The van der Waals surface area contributed by atoms with Crippen molar-refractivity contribution < 1.29 is 13.2 Å². The average molecular weight is 256 g/mol. The molecule has 1 aromatic heterocycles. The summed E-state index contributed by atoms with van der Waals surface area (Å²) in [4.78, 5) is 6.10. The van der Waals surface area contributed by atoms with Gasteiger partial charge in [0.05, 0.1) is 5.56 Å². The lowest BCUT2D eigenvalue weighted by atomic mass is 9.95. The second-order valence-corrected chi connectivity index (χ2v) is 5.43. The van der Waals surface area contributed by atoms with Crippen molar-refractivity contribution >= 4 is 5.82 Å². The first-order chi connectivity index (χ1) is 8.49. The van der Waals surface area contributed by atoms with Gasteiger partial charge in [0.15, 0.2) is 0 Å². The van der Waals surface area contributed by atoms with E-state index in [0.29, 0.717) is 11.2 Å². The van der Waals surface area contributed by atoms with E-state index in [1.165, 1.54) is 31.5 Å². The molecule has 0 radical (unpaired) electrons. The molecule has 2 nitrogen and oxygen atoms in total. The van der Waals surface area contributed by atoms with Crippen molar-refractivity contribution in [1.82, 2.24) is 4.98 Å². The minimum Gasteiger partial charge on any atom is -0.356 e. The van der Waals surface area contributed by atoms with Crippen LogP contribution in [-0.2, 0) is 6.18 Å². The Labute approximate surface area is 104 Å². The molecule has 0 N–H and O–H groups in total. The van der Waals surface area contributed by atoms with Crippen LogP contribution in [0.2, 0.25) is 0 Å². The minimum atomic E-state index is -4.29. The Kier molecular flexibility index (Phi) is 2.54. The molecular weight excluding hydrogens is 241 g/mol. The Morgan fingerprint density at radius 1 is 1.22 bits per heavy atom. The fourth-order valence-electron chi connectivity index (χ4n) is 2.76. The van der Waals surface area contributed by atoms with Crippen LogP contribution in [0.1, 0.15) is 31.2 Å². The molecule has 18 heavy (non-hydrogen) atoms. The number of nitrogens with zero attached hydrogens (tertiary/aromatic N) is 2. The van der Waals surface area contributed by atoms with Crippen molar-refractivity contribution in [3.63, 3.8) is 0 Å². The highest BCUT2D eigenvalue weighted by Gasteiger charge is 2.45. The highest BCUT2D eigenvalue weighted by atomic mass is 19.4. The van der Waals surface area contributed by atoms with Crippen LogP contribution >= 0.6 is 0 Å². The van der Waals surface area contributed by atoms with Crippen LogP contribution in [-0.4, -0.2) is 18.1 Å². The molecule has 2 fully saturated rings. The number of anilines is 1. The Morgan fingerprint density at radius 3 is 2.67 bits per heavy atom. The molecule has 1 saturated heterocycles. The molecular formula is C13H15F3N2. The van der Waals surface area contributed by atoms with E-state index >= 15 is 0 Å². The first-order valence-electron chi connectivity index (χ1n) is 6.27. The van der Waals surface area contributed by atoms with E-state index in [9.17, 15) is 13.2 Å². The molecule has 1 spiro atoms. The normalized spacial score (nSPS) is 22.3. The van der Waals surface area contributed by atoms with Crippen LogP contribution in [0.5, 0.6) is 0 Å². The molecule has 2 heterocycles. The maximum Gasteiger partial charge on any atom is 0.416 e. The average Bonchev–Trinajstić information content (AvgIpc) is 3.08. The van der Waals surface area contributed by atoms with Gasteiger partial charge in [-0.3, -0.25) is 0 Å². The number of hydrogen-bond acceptors (Lipinski definition) is 2. The van der Waals surface area contributed by atoms with E-state index in [4.69, 9.17) is 0 Å². The quantitative estimate of drug-likeness (QED) is 0.764. The number of piperidine rings is 1. The summed E-state index contributed by atoms with van der Waals surface area (Å²) in [5.41, 5.74) is -0.225. The molecule has 98 valence electrons. The first-order valence-corrected chi connectivity index (χ1v) is 6.27. The van der Waals surface area contributed by atoms with Crippen LogP contribution in [0.3, 0.4) is 0 Å². The number of alkyl halides is 3. The largest absolute Gasteiger partial charge is 0.416 e. The second-order valence-electron chi connectivity index (χ2n) is 5.43. The fraction of sp³-hybridized carbons (Fsp3) is 0.615. The fourth-order valence-corrected chi connectivity index (χ4v) is 2.76. The molecule has 0 unspecified atom stereocenters. The molecule has 1 aliphatic heterocycles. The Balaban J connectivity index is 1.83. The molecule has 1 aliphatic carbocycles. The summed E-state index contributed by atoms with van der Waals surface area (Å²) in [6, 6.07) is 2.20. The lowest BCUT2D eigenvalue weighted by molar-refractivity contribution is -0.137. The molecule has 3 rings (SSSR count). The van der Waals surface area contributed by atoms with Crippen LogP contribution in [0.4, 0.5) is 19.0 Å². The molecule has 1 aromatic rings. The van der Waals surface area contributed by atoms with Crippen LogP contribution < -0.4 is 4.90 Å². The predicted molar refractivity (Wildman–Crippen MR) is 62.4 cm³/mol. The van der Waals surface area contributed by atoms with Crippen LogP contribution in [0.25, 0.3) is 0 Å². The lowest BCUT2D eigenvalue weighted by Gasteiger charge is -2.34. The smallest absolute Gasteiger partial charge is 0.356 e. The van der Waals surface area contributed by atoms with E-state index in [1.807, 2.05) is 4.90 Å². The second kappa shape index (κ2) is 3.87. The van der Waals surface area contributed by atoms with Gasteiger partial charge in [-0.05, 0) is 43.2 Å². The van der Waals surface area contributed by atoms with Crippen molar-refractivity contribution in [3.05, 3.63) is 23.9 Å². The Hall–Kier alpha value is -1.26. The summed E-state index contributed by atoms with van der Waals surface area (Å²) >= 11 is 0. The van der Waals surface area contributed by atoms with E-state index in [1.54, 1.807) is 0 Å². The summed E-state index contributed by atoms with van der Waals surface area (Å²) in [6.45, 7) is 1.68. The van der Waals surface area contributed by atoms with Crippen molar-refractivity contribution in [2.45, 2.75) is 31.9 Å². The standard InChI is InChI=1S/C13H15F3N2/c14-13(15,16)10-2-6-17-11(8-10)18-7-1-3-12(9-18)4-5-12/h2,6,8H,1,3-5,7,9H2. The third kappa shape index (κ3) is 2.18. The van der Waals surface area contributed by atoms with Crippen molar-refractivity contribution in [1.29, 1.82) is 0 Å². The predicted octanol–water partition coefficient (Wildman–Crippen LogP) is 3.48. The number of pyridine rings is 1. The van der Waals surface area contributed by atoms with Gasteiger partial charge in [-0.2, -0.15) is 13.2 Å². The maximum atomic E-state index is 12.7. The van der Waals surface area contributed by atoms with Gasteiger partial charge in [-0.25, -0.2) is 4.98 Å². The molecule has 2 aliphatic rings. The summed E-state index contributed by atoms with van der Waals surface area (Å²) in [5, 5.41) is 0. The topological polar surface area (TPSA) is 16.1 Å². The van der Waals surface area contributed by atoms with Gasteiger partial charge < -0.3 is 4.90 Å². The van der Waals surface area contributed by atoms with Crippen molar-refractivity contribution in [2.75, 3.05) is 18.0 Å². The summed E-state index contributed by atoms with van der Waals surface area (Å²) in [5.74, 6) is 0.468. The first kappa shape index (κ1) is 11.8. The van der Waals surface area contributed by atoms with Gasteiger partial charge in [0.1, 0.15) is 5.82 Å². The molecule has 1 saturated carbocycles. The number of aromatic nitrogens is 1. The molecule has 0 amide bonds.